The second-order valence-electron chi connectivity index (χ2n) is 6.74. The molecule has 2 aromatic rings. The van der Waals surface area contributed by atoms with E-state index in [1.165, 1.54) is 5.56 Å². The maximum absolute atomic E-state index is 5.94. The van der Waals surface area contributed by atoms with Gasteiger partial charge in [-0.05, 0) is 50.1 Å². The summed E-state index contributed by atoms with van der Waals surface area (Å²) in [5, 5.41) is 6.66. The molecule has 0 amide bonds. The monoisotopic (exact) mass is 497 g/mol. The number of guanidine groups is 1. The number of ether oxygens (including phenoxy) is 3. The third-order valence-corrected chi connectivity index (χ3v) is 4.15. The van der Waals surface area contributed by atoms with Crippen molar-refractivity contribution in [2.75, 3.05) is 13.8 Å². The Kier molecular flexibility index (Phi) is 8.22. The number of benzene rings is 2. The highest BCUT2D eigenvalue weighted by Crippen LogP contribution is 2.32. The minimum absolute atomic E-state index is 0. The van der Waals surface area contributed by atoms with Crippen LogP contribution in [0.25, 0.3) is 0 Å². The number of nitrogens with zero attached hydrogens (tertiary/aromatic N) is 1. The molecule has 6 nitrogen and oxygen atoms in total. The zero-order valence-corrected chi connectivity index (χ0v) is 19.1. The third-order valence-electron chi connectivity index (χ3n) is 4.15. The molecular weight excluding hydrogens is 469 g/mol. The van der Waals surface area contributed by atoms with E-state index >= 15 is 0 Å². The largest absolute Gasteiger partial charge is 0.491 e. The molecule has 2 aromatic carbocycles. The SMILES string of the molecule is CN=C(NCc1ccc2c(c1)OCO2)NCc1ccc(C)cc1OC(C)C.I. The topological polar surface area (TPSA) is 64.1 Å². The zero-order valence-electron chi connectivity index (χ0n) is 16.7. The zero-order chi connectivity index (χ0) is 19.2. The number of nitrogens with one attached hydrogen (secondary N) is 2. The first kappa shape index (κ1) is 22.1. The molecule has 0 saturated heterocycles. The molecule has 1 heterocycles. The van der Waals surface area contributed by atoms with Crippen LogP contribution in [0, 0.1) is 6.92 Å². The van der Waals surface area contributed by atoms with Crippen LogP contribution in [0.1, 0.15) is 30.5 Å². The van der Waals surface area contributed by atoms with E-state index < -0.39 is 0 Å². The molecule has 0 aromatic heterocycles. The van der Waals surface area contributed by atoms with E-state index in [2.05, 4.69) is 40.7 Å². The summed E-state index contributed by atoms with van der Waals surface area (Å²) in [6.07, 6.45) is 0.133. The van der Waals surface area contributed by atoms with Crippen LogP contribution in [-0.4, -0.2) is 25.9 Å². The number of halogens is 1. The highest BCUT2D eigenvalue weighted by Gasteiger charge is 2.13. The summed E-state index contributed by atoms with van der Waals surface area (Å²) in [6, 6.07) is 12.2. The lowest BCUT2D eigenvalue weighted by molar-refractivity contribution is 0.174. The Morgan fingerprint density at radius 1 is 1.07 bits per heavy atom. The molecule has 7 heteroatoms. The molecule has 0 atom stereocenters. The number of aryl methyl sites for hydroxylation is 1. The Morgan fingerprint density at radius 3 is 2.57 bits per heavy atom. The standard InChI is InChI=1S/C21H27N3O3.HI/c1-14(2)27-19-9-15(3)5-7-17(19)12-24-21(22-4)23-11-16-6-8-18-20(10-16)26-13-25-18;/h5-10,14H,11-13H2,1-4H3,(H2,22,23,24);1H. The van der Waals surface area contributed by atoms with E-state index in [4.69, 9.17) is 14.2 Å². The fourth-order valence-electron chi connectivity index (χ4n) is 2.81. The summed E-state index contributed by atoms with van der Waals surface area (Å²) in [7, 11) is 1.76. The van der Waals surface area contributed by atoms with Crippen molar-refractivity contribution in [2.45, 2.75) is 40.0 Å². The molecule has 152 valence electrons. The first-order chi connectivity index (χ1) is 13.0. The lowest BCUT2D eigenvalue weighted by Crippen LogP contribution is -2.36. The normalized spacial score (nSPS) is 12.5. The summed E-state index contributed by atoms with van der Waals surface area (Å²) >= 11 is 0. The van der Waals surface area contributed by atoms with Crippen molar-refractivity contribution in [1.82, 2.24) is 10.6 Å². The van der Waals surface area contributed by atoms with Gasteiger partial charge in [0.25, 0.3) is 0 Å². The van der Waals surface area contributed by atoms with Gasteiger partial charge in [0, 0.05) is 25.7 Å². The second kappa shape index (κ2) is 10.4. The number of fused-ring (bicyclic) bond motifs is 1. The van der Waals surface area contributed by atoms with E-state index in [1.54, 1.807) is 7.05 Å². The van der Waals surface area contributed by atoms with E-state index in [0.717, 1.165) is 34.3 Å². The van der Waals surface area contributed by atoms with Crippen LogP contribution in [0.4, 0.5) is 0 Å². The van der Waals surface area contributed by atoms with Gasteiger partial charge >= 0.3 is 0 Å². The van der Waals surface area contributed by atoms with Gasteiger partial charge in [-0.1, -0.05) is 18.2 Å². The van der Waals surface area contributed by atoms with E-state index in [1.807, 2.05) is 32.0 Å². The average molecular weight is 497 g/mol. The predicted molar refractivity (Wildman–Crippen MR) is 122 cm³/mol. The van der Waals surface area contributed by atoms with Crippen molar-refractivity contribution in [3.05, 3.63) is 53.1 Å². The Hall–Kier alpha value is -2.16. The van der Waals surface area contributed by atoms with Crippen molar-refractivity contribution in [1.29, 1.82) is 0 Å². The van der Waals surface area contributed by atoms with Gasteiger partial charge in [0.1, 0.15) is 5.75 Å². The number of hydrogen-bond donors (Lipinski definition) is 2. The van der Waals surface area contributed by atoms with E-state index in [-0.39, 0.29) is 36.9 Å². The van der Waals surface area contributed by atoms with Gasteiger partial charge < -0.3 is 24.8 Å². The second-order valence-corrected chi connectivity index (χ2v) is 6.74. The molecule has 0 spiro atoms. The fourth-order valence-corrected chi connectivity index (χ4v) is 2.81. The maximum atomic E-state index is 5.94. The molecule has 0 radical (unpaired) electrons. The Bertz CT molecular complexity index is 825. The van der Waals surface area contributed by atoms with Crippen LogP contribution in [0.5, 0.6) is 17.2 Å². The molecule has 28 heavy (non-hydrogen) atoms. The highest BCUT2D eigenvalue weighted by molar-refractivity contribution is 14.0. The Balaban J connectivity index is 0.00000280. The minimum Gasteiger partial charge on any atom is -0.491 e. The van der Waals surface area contributed by atoms with Gasteiger partial charge in [-0.25, -0.2) is 0 Å². The maximum Gasteiger partial charge on any atom is 0.231 e. The van der Waals surface area contributed by atoms with Crippen LogP contribution in [-0.2, 0) is 13.1 Å². The fraction of sp³-hybridized carbons (Fsp3) is 0.381. The van der Waals surface area contributed by atoms with Crippen molar-refractivity contribution in [2.24, 2.45) is 4.99 Å². The van der Waals surface area contributed by atoms with Gasteiger partial charge in [0.15, 0.2) is 17.5 Å². The molecule has 2 N–H and O–H groups in total. The van der Waals surface area contributed by atoms with Crippen LogP contribution in [0.2, 0.25) is 0 Å². The van der Waals surface area contributed by atoms with Crippen molar-refractivity contribution in [3.8, 4) is 17.2 Å². The lowest BCUT2D eigenvalue weighted by Gasteiger charge is -2.17. The van der Waals surface area contributed by atoms with Gasteiger partial charge in [0.05, 0.1) is 6.10 Å². The van der Waals surface area contributed by atoms with Gasteiger partial charge in [-0.2, -0.15) is 0 Å². The molecular formula is C21H28IN3O3. The summed E-state index contributed by atoms with van der Waals surface area (Å²) in [4.78, 5) is 4.30. The van der Waals surface area contributed by atoms with Gasteiger partial charge in [0.2, 0.25) is 6.79 Å². The number of hydrogen-bond acceptors (Lipinski definition) is 4. The minimum atomic E-state index is 0. The number of aliphatic imine (C=N–C) groups is 1. The average Bonchev–Trinajstić information content (AvgIpc) is 3.10. The van der Waals surface area contributed by atoms with E-state index in [0.29, 0.717) is 13.1 Å². The van der Waals surface area contributed by atoms with Crippen molar-refractivity contribution in [3.63, 3.8) is 0 Å². The van der Waals surface area contributed by atoms with Crippen LogP contribution in [0.3, 0.4) is 0 Å². The molecule has 0 fully saturated rings. The third kappa shape index (κ3) is 5.92. The summed E-state index contributed by atoms with van der Waals surface area (Å²) in [5.41, 5.74) is 3.38. The molecule has 0 aliphatic carbocycles. The molecule has 1 aliphatic rings. The molecule has 0 saturated carbocycles. The van der Waals surface area contributed by atoms with Gasteiger partial charge in [-0.15, -0.1) is 24.0 Å². The molecule has 0 unspecified atom stereocenters. The molecule has 1 aliphatic heterocycles. The summed E-state index contributed by atoms with van der Waals surface area (Å²) in [5.74, 6) is 3.21. The van der Waals surface area contributed by atoms with E-state index in [9.17, 15) is 0 Å². The Morgan fingerprint density at radius 2 is 1.82 bits per heavy atom. The smallest absolute Gasteiger partial charge is 0.231 e. The quantitative estimate of drug-likeness (QED) is 0.359. The van der Waals surface area contributed by atoms with Gasteiger partial charge in [-0.3, -0.25) is 4.99 Å². The Labute approximate surface area is 183 Å². The highest BCUT2D eigenvalue weighted by atomic mass is 127. The van der Waals surface area contributed by atoms with Crippen LogP contribution in [0.15, 0.2) is 41.4 Å². The lowest BCUT2D eigenvalue weighted by atomic mass is 10.1. The molecule has 0 bridgehead atoms. The predicted octanol–water partition coefficient (Wildman–Crippen LogP) is 3.99. The first-order valence-electron chi connectivity index (χ1n) is 9.14. The van der Waals surface area contributed by atoms with Crippen LogP contribution < -0.4 is 24.8 Å². The van der Waals surface area contributed by atoms with Crippen molar-refractivity contribution < 1.29 is 14.2 Å². The summed E-state index contributed by atoms with van der Waals surface area (Å²) in [6.45, 7) is 7.68. The van der Waals surface area contributed by atoms with Crippen LogP contribution >= 0.6 is 24.0 Å². The van der Waals surface area contributed by atoms with Crippen molar-refractivity contribution >= 4 is 29.9 Å². The first-order valence-corrected chi connectivity index (χ1v) is 9.14. The summed E-state index contributed by atoms with van der Waals surface area (Å²) < 4.78 is 16.7. The number of rotatable bonds is 6. The molecule has 3 rings (SSSR count).